The number of rotatable bonds is 2. The Hall–Kier alpha value is -0.570. The lowest BCUT2D eigenvalue weighted by Gasteiger charge is -2.40. The number of hydrogen-bond acceptors (Lipinski definition) is 3. The highest BCUT2D eigenvalue weighted by Gasteiger charge is 2.39. The molecule has 1 aliphatic carbocycles. The molecule has 0 aromatic rings. The van der Waals surface area contributed by atoms with Crippen molar-refractivity contribution in [3.63, 3.8) is 0 Å². The van der Waals surface area contributed by atoms with E-state index >= 15 is 0 Å². The zero-order valence-corrected chi connectivity index (χ0v) is 9.50. The van der Waals surface area contributed by atoms with Crippen LogP contribution in [0.5, 0.6) is 0 Å². The molecule has 2 rings (SSSR count). The Morgan fingerprint density at radius 2 is 2.13 bits per heavy atom. The second kappa shape index (κ2) is 4.97. The van der Waals surface area contributed by atoms with E-state index in [1.54, 1.807) is 0 Å². The number of carbonyl (C=O) groups excluding carboxylic acids is 1. The predicted molar refractivity (Wildman–Crippen MR) is 58.4 cm³/mol. The van der Waals surface area contributed by atoms with Crippen molar-refractivity contribution in [3.8, 4) is 0 Å². The highest BCUT2D eigenvalue weighted by Crippen LogP contribution is 2.37. The van der Waals surface area contributed by atoms with Crippen molar-refractivity contribution < 1.29 is 9.53 Å². The van der Waals surface area contributed by atoms with Crippen LogP contribution in [0.4, 0.5) is 0 Å². The first-order valence-electron chi connectivity index (χ1n) is 6.20. The molecule has 1 saturated heterocycles. The van der Waals surface area contributed by atoms with Gasteiger partial charge in [0.15, 0.2) is 0 Å². The maximum absolute atomic E-state index is 11.8. The monoisotopic (exact) mass is 211 g/mol. The van der Waals surface area contributed by atoms with Gasteiger partial charge in [-0.1, -0.05) is 12.8 Å². The van der Waals surface area contributed by atoms with E-state index in [2.05, 4.69) is 5.32 Å². The van der Waals surface area contributed by atoms with Crippen LogP contribution < -0.4 is 5.32 Å². The van der Waals surface area contributed by atoms with Crippen LogP contribution in [0.2, 0.25) is 0 Å². The first-order chi connectivity index (χ1) is 7.33. The van der Waals surface area contributed by atoms with Gasteiger partial charge in [0.1, 0.15) is 0 Å². The average Bonchev–Trinajstić information content (AvgIpc) is 2.28. The topological polar surface area (TPSA) is 38.3 Å². The molecule has 0 spiro atoms. The fourth-order valence-corrected chi connectivity index (χ4v) is 3.10. The van der Waals surface area contributed by atoms with Crippen LogP contribution in [-0.2, 0) is 9.53 Å². The van der Waals surface area contributed by atoms with Crippen LogP contribution in [0.1, 0.15) is 32.6 Å². The lowest BCUT2D eigenvalue weighted by Crippen LogP contribution is -2.48. The fraction of sp³-hybridized carbons (Fsp3) is 0.917. The summed E-state index contributed by atoms with van der Waals surface area (Å²) in [5.74, 6) is 1.42. The molecule has 15 heavy (non-hydrogen) atoms. The molecule has 0 aromatic heterocycles. The van der Waals surface area contributed by atoms with Gasteiger partial charge in [0, 0.05) is 6.54 Å². The molecule has 2 aliphatic rings. The van der Waals surface area contributed by atoms with Crippen LogP contribution in [0, 0.1) is 17.8 Å². The normalized spacial score (nSPS) is 35.7. The number of nitrogens with one attached hydrogen (secondary N) is 1. The van der Waals surface area contributed by atoms with E-state index in [9.17, 15) is 4.79 Å². The third kappa shape index (κ3) is 2.33. The smallest absolute Gasteiger partial charge is 0.310 e. The van der Waals surface area contributed by atoms with E-state index in [4.69, 9.17) is 4.74 Å². The van der Waals surface area contributed by atoms with Crippen molar-refractivity contribution in [2.24, 2.45) is 17.8 Å². The van der Waals surface area contributed by atoms with E-state index < -0.39 is 0 Å². The summed E-state index contributed by atoms with van der Waals surface area (Å²) in [6, 6.07) is 0. The lowest BCUT2D eigenvalue weighted by molar-refractivity contribution is -0.152. The molecule has 1 aliphatic heterocycles. The Morgan fingerprint density at radius 3 is 2.93 bits per heavy atom. The molecule has 3 atom stereocenters. The van der Waals surface area contributed by atoms with Gasteiger partial charge in [-0.05, 0) is 38.1 Å². The maximum atomic E-state index is 11.8. The molecule has 0 radical (unpaired) electrons. The predicted octanol–water partition coefficient (Wildman–Crippen LogP) is 1.58. The van der Waals surface area contributed by atoms with Crippen LogP contribution >= 0.6 is 0 Å². The van der Waals surface area contributed by atoms with Gasteiger partial charge in [-0.2, -0.15) is 0 Å². The number of fused-ring (bicyclic) bond motifs is 1. The average molecular weight is 211 g/mol. The first-order valence-corrected chi connectivity index (χ1v) is 6.20. The minimum atomic E-state index is 0.0154. The van der Waals surface area contributed by atoms with Gasteiger partial charge in [-0.15, -0.1) is 0 Å². The van der Waals surface area contributed by atoms with Crippen LogP contribution in [0.25, 0.3) is 0 Å². The minimum absolute atomic E-state index is 0.0154. The van der Waals surface area contributed by atoms with E-state index in [0.29, 0.717) is 18.4 Å². The Morgan fingerprint density at radius 1 is 1.33 bits per heavy atom. The molecular formula is C12H21NO2. The zero-order chi connectivity index (χ0) is 10.7. The molecule has 86 valence electrons. The van der Waals surface area contributed by atoms with E-state index in [1.165, 1.54) is 25.7 Å². The maximum Gasteiger partial charge on any atom is 0.310 e. The summed E-state index contributed by atoms with van der Waals surface area (Å²) in [5.41, 5.74) is 0. The molecule has 1 heterocycles. The Kier molecular flexibility index (Phi) is 3.62. The largest absolute Gasteiger partial charge is 0.466 e. The summed E-state index contributed by atoms with van der Waals surface area (Å²) in [4.78, 5) is 11.8. The van der Waals surface area contributed by atoms with Crippen LogP contribution in [-0.4, -0.2) is 25.7 Å². The number of piperidine rings is 1. The fourth-order valence-electron chi connectivity index (χ4n) is 3.10. The summed E-state index contributed by atoms with van der Waals surface area (Å²) in [6.07, 6.45) is 5.12. The van der Waals surface area contributed by atoms with Crippen molar-refractivity contribution in [1.29, 1.82) is 0 Å². The second-order valence-electron chi connectivity index (χ2n) is 4.73. The van der Waals surface area contributed by atoms with Crippen molar-refractivity contribution in [3.05, 3.63) is 0 Å². The van der Waals surface area contributed by atoms with Crippen molar-refractivity contribution in [2.75, 3.05) is 19.7 Å². The van der Waals surface area contributed by atoms with E-state index in [1.807, 2.05) is 6.92 Å². The lowest BCUT2D eigenvalue weighted by atomic mass is 9.70. The third-order valence-electron chi connectivity index (χ3n) is 3.84. The first kappa shape index (κ1) is 10.9. The van der Waals surface area contributed by atoms with Gasteiger partial charge in [-0.3, -0.25) is 4.79 Å². The van der Waals surface area contributed by atoms with Gasteiger partial charge in [0.2, 0.25) is 0 Å². The van der Waals surface area contributed by atoms with Gasteiger partial charge >= 0.3 is 5.97 Å². The number of carbonyl (C=O) groups is 1. The van der Waals surface area contributed by atoms with E-state index in [-0.39, 0.29) is 11.9 Å². The molecular weight excluding hydrogens is 190 g/mol. The van der Waals surface area contributed by atoms with Crippen molar-refractivity contribution in [2.45, 2.75) is 32.6 Å². The van der Waals surface area contributed by atoms with Crippen LogP contribution in [0.3, 0.4) is 0 Å². The Balaban J connectivity index is 2.00. The number of hydrogen-bond donors (Lipinski definition) is 1. The molecule has 2 fully saturated rings. The summed E-state index contributed by atoms with van der Waals surface area (Å²) in [6.45, 7) is 4.31. The second-order valence-corrected chi connectivity index (χ2v) is 4.73. The SMILES string of the molecule is CCOC(=O)[C@H]1CNC[C@H]2CCCCC21. The highest BCUT2D eigenvalue weighted by molar-refractivity contribution is 5.73. The van der Waals surface area contributed by atoms with Crippen molar-refractivity contribution in [1.82, 2.24) is 5.32 Å². The van der Waals surface area contributed by atoms with Gasteiger partial charge in [0.05, 0.1) is 12.5 Å². The highest BCUT2D eigenvalue weighted by atomic mass is 16.5. The van der Waals surface area contributed by atoms with Gasteiger partial charge < -0.3 is 10.1 Å². The molecule has 1 N–H and O–H groups in total. The van der Waals surface area contributed by atoms with Gasteiger partial charge in [-0.25, -0.2) is 0 Å². The molecule has 0 amide bonds. The standard InChI is InChI=1S/C12H21NO2/c1-2-15-12(14)11-8-13-7-9-5-3-4-6-10(9)11/h9-11,13H,2-8H2,1H3/t9-,10?,11+/m1/s1. The minimum Gasteiger partial charge on any atom is -0.466 e. The van der Waals surface area contributed by atoms with Gasteiger partial charge in [0.25, 0.3) is 0 Å². The van der Waals surface area contributed by atoms with Crippen LogP contribution in [0.15, 0.2) is 0 Å². The number of esters is 1. The number of ether oxygens (including phenoxy) is 1. The summed E-state index contributed by atoms with van der Waals surface area (Å²) >= 11 is 0. The quantitative estimate of drug-likeness (QED) is 0.705. The summed E-state index contributed by atoms with van der Waals surface area (Å²) < 4.78 is 5.15. The molecule has 1 unspecified atom stereocenters. The summed E-state index contributed by atoms with van der Waals surface area (Å²) in [7, 11) is 0. The molecule has 1 saturated carbocycles. The molecule has 0 bridgehead atoms. The molecule has 3 heteroatoms. The summed E-state index contributed by atoms with van der Waals surface area (Å²) in [5, 5.41) is 3.37. The Bertz CT molecular complexity index is 228. The zero-order valence-electron chi connectivity index (χ0n) is 9.50. The third-order valence-corrected chi connectivity index (χ3v) is 3.84. The van der Waals surface area contributed by atoms with Crippen molar-refractivity contribution >= 4 is 5.97 Å². The Labute approximate surface area is 91.6 Å². The molecule has 0 aromatic carbocycles. The van der Waals surface area contributed by atoms with E-state index in [0.717, 1.165) is 13.1 Å². The molecule has 3 nitrogen and oxygen atoms in total.